The van der Waals surface area contributed by atoms with Crippen LogP contribution in [0.2, 0.25) is 0 Å². The van der Waals surface area contributed by atoms with Gasteiger partial charge < -0.3 is 9.47 Å². The lowest BCUT2D eigenvalue weighted by atomic mass is 10.2. The van der Waals surface area contributed by atoms with Gasteiger partial charge >= 0.3 is 5.97 Å². The summed E-state index contributed by atoms with van der Waals surface area (Å²) in [5, 5.41) is 3.36. The highest BCUT2D eigenvalue weighted by Crippen LogP contribution is 1.98. The van der Waals surface area contributed by atoms with E-state index in [0.29, 0.717) is 45.6 Å². The fraction of sp³-hybridized carbons (Fsp3) is 0.889. The standard InChI is InChI=1S/C9H17N3O3/c1-2-14-7-8-15-9(13)5-3-4-6-11-12-10/h2-8H2,1H3. The minimum absolute atomic E-state index is 0.226. The molecule has 86 valence electrons. The Morgan fingerprint density at radius 3 is 2.87 bits per heavy atom. The van der Waals surface area contributed by atoms with Gasteiger partial charge in [-0.05, 0) is 25.3 Å². The summed E-state index contributed by atoms with van der Waals surface area (Å²) in [5.74, 6) is -0.226. The van der Waals surface area contributed by atoms with E-state index in [1.165, 1.54) is 0 Å². The van der Waals surface area contributed by atoms with E-state index >= 15 is 0 Å². The monoisotopic (exact) mass is 215 g/mol. The number of ether oxygens (including phenoxy) is 2. The molecular formula is C9H17N3O3. The molecule has 0 aromatic heterocycles. The maximum Gasteiger partial charge on any atom is 0.305 e. The fourth-order valence-electron chi connectivity index (χ4n) is 0.928. The predicted octanol–water partition coefficient (Wildman–Crippen LogP) is 2.05. The molecule has 0 aliphatic rings. The maximum atomic E-state index is 11.1. The molecule has 0 atom stereocenters. The lowest BCUT2D eigenvalue weighted by Gasteiger charge is -2.03. The van der Waals surface area contributed by atoms with Gasteiger partial charge in [-0.3, -0.25) is 4.79 Å². The third kappa shape index (κ3) is 10.7. The molecule has 0 radical (unpaired) electrons. The molecule has 0 N–H and O–H groups in total. The van der Waals surface area contributed by atoms with Crippen LogP contribution >= 0.6 is 0 Å². The first kappa shape index (κ1) is 13.7. The average Bonchev–Trinajstić information content (AvgIpc) is 2.24. The Bertz CT molecular complexity index is 215. The van der Waals surface area contributed by atoms with E-state index in [1.807, 2.05) is 6.92 Å². The largest absolute Gasteiger partial charge is 0.463 e. The van der Waals surface area contributed by atoms with E-state index in [4.69, 9.17) is 15.0 Å². The molecule has 0 bridgehead atoms. The minimum Gasteiger partial charge on any atom is -0.463 e. The first-order chi connectivity index (χ1) is 7.31. The van der Waals surface area contributed by atoms with E-state index in [-0.39, 0.29) is 5.97 Å². The number of rotatable bonds is 9. The number of unbranched alkanes of at least 4 members (excludes halogenated alkanes) is 1. The van der Waals surface area contributed by atoms with E-state index in [1.54, 1.807) is 0 Å². The Balaban J connectivity index is 3.22. The summed E-state index contributed by atoms with van der Waals surface area (Å²) in [6, 6.07) is 0. The van der Waals surface area contributed by atoms with Crippen molar-refractivity contribution in [3.8, 4) is 0 Å². The first-order valence-corrected chi connectivity index (χ1v) is 5.05. The minimum atomic E-state index is -0.226. The van der Waals surface area contributed by atoms with Crippen LogP contribution < -0.4 is 0 Å². The zero-order chi connectivity index (χ0) is 11.4. The molecule has 0 amide bonds. The van der Waals surface area contributed by atoms with Gasteiger partial charge in [-0.15, -0.1) is 0 Å². The molecule has 6 nitrogen and oxygen atoms in total. The number of carbonyl (C=O) groups is 1. The van der Waals surface area contributed by atoms with Crippen molar-refractivity contribution < 1.29 is 14.3 Å². The molecular weight excluding hydrogens is 198 g/mol. The van der Waals surface area contributed by atoms with E-state index in [9.17, 15) is 4.79 Å². The van der Waals surface area contributed by atoms with Crippen molar-refractivity contribution in [3.63, 3.8) is 0 Å². The van der Waals surface area contributed by atoms with Crippen LogP contribution in [0.5, 0.6) is 0 Å². The molecule has 0 spiro atoms. The van der Waals surface area contributed by atoms with Gasteiger partial charge in [0.15, 0.2) is 0 Å². The SMILES string of the molecule is CCOCCOC(=O)CCCCN=[N+]=[N-]. The summed E-state index contributed by atoms with van der Waals surface area (Å²) in [4.78, 5) is 13.7. The van der Waals surface area contributed by atoms with Crippen LogP contribution in [0, 0.1) is 0 Å². The normalized spacial score (nSPS) is 9.40. The van der Waals surface area contributed by atoms with Crippen molar-refractivity contribution in [1.82, 2.24) is 0 Å². The Kier molecular flexibility index (Phi) is 9.91. The van der Waals surface area contributed by atoms with Crippen molar-refractivity contribution in [3.05, 3.63) is 10.4 Å². The first-order valence-electron chi connectivity index (χ1n) is 5.05. The summed E-state index contributed by atoms with van der Waals surface area (Å²) in [6.45, 7) is 3.70. The van der Waals surface area contributed by atoms with Crippen LogP contribution in [0.1, 0.15) is 26.2 Å². The average molecular weight is 215 g/mol. The van der Waals surface area contributed by atoms with Crippen LogP contribution in [-0.4, -0.2) is 32.3 Å². The fourth-order valence-corrected chi connectivity index (χ4v) is 0.928. The number of azide groups is 1. The summed E-state index contributed by atoms with van der Waals surface area (Å²) in [7, 11) is 0. The molecule has 0 heterocycles. The third-order valence-electron chi connectivity index (χ3n) is 1.65. The molecule has 6 heteroatoms. The van der Waals surface area contributed by atoms with Crippen LogP contribution in [0.25, 0.3) is 10.4 Å². The summed E-state index contributed by atoms with van der Waals surface area (Å²) in [5.41, 5.74) is 7.99. The number of nitrogens with zero attached hydrogens (tertiary/aromatic N) is 3. The van der Waals surface area contributed by atoms with Crippen LogP contribution in [-0.2, 0) is 14.3 Å². The molecule has 0 aliphatic heterocycles. The molecule has 0 aliphatic carbocycles. The van der Waals surface area contributed by atoms with Crippen LogP contribution in [0.4, 0.5) is 0 Å². The van der Waals surface area contributed by atoms with Crippen molar-refractivity contribution in [2.45, 2.75) is 26.2 Å². The highest BCUT2D eigenvalue weighted by molar-refractivity contribution is 5.69. The van der Waals surface area contributed by atoms with Crippen LogP contribution in [0.3, 0.4) is 0 Å². The number of hydrogen-bond donors (Lipinski definition) is 0. The van der Waals surface area contributed by atoms with Crippen molar-refractivity contribution in [2.24, 2.45) is 5.11 Å². The van der Waals surface area contributed by atoms with Gasteiger partial charge in [0, 0.05) is 24.5 Å². The van der Waals surface area contributed by atoms with Gasteiger partial charge in [0.05, 0.1) is 6.61 Å². The topological polar surface area (TPSA) is 84.3 Å². The zero-order valence-electron chi connectivity index (χ0n) is 9.02. The molecule has 0 saturated carbocycles. The van der Waals surface area contributed by atoms with Gasteiger partial charge in [0.1, 0.15) is 6.61 Å². The second-order valence-electron chi connectivity index (χ2n) is 2.83. The van der Waals surface area contributed by atoms with Crippen molar-refractivity contribution in [2.75, 3.05) is 26.4 Å². The lowest BCUT2D eigenvalue weighted by Crippen LogP contribution is -2.10. The van der Waals surface area contributed by atoms with Gasteiger partial charge in [-0.1, -0.05) is 5.11 Å². The van der Waals surface area contributed by atoms with E-state index in [0.717, 1.165) is 0 Å². The number of esters is 1. The van der Waals surface area contributed by atoms with E-state index in [2.05, 4.69) is 10.0 Å². The second kappa shape index (κ2) is 10.8. The summed E-state index contributed by atoms with van der Waals surface area (Å²) >= 11 is 0. The molecule has 15 heavy (non-hydrogen) atoms. The Morgan fingerprint density at radius 1 is 1.40 bits per heavy atom. The Morgan fingerprint density at radius 2 is 2.20 bits per heavy atom. The highest BCUT2D eigenvalue weighted by atomic mass is 16.6. The molecule has 0 aromatic rings. The number of hydrogen-bond acceptors (Lipinski definition) is 4. The van der Waals surface area contributed by atoms with Gasteiger partial charge in [-0.2, -0.15) is 0 Å². The van der Waals surface area contributed by atoms with E-state index < -0.39 is 0 Å². The quantitative estimate of drug-likeness (QED) is 0.194. The van der Waals surface area contributed by atoms with Gasteiger partial charge in [0.2, 0.25) is 0 Å². The Hall–Kier alpha value is -1.26. The zero-order valence-corrected chi connectivity index (χ0v) is 9.02. The molecule has 0 unspecified atom stereocenters. The lowest BCUT2D eigenvalue weighted by molar-refractivity contribution is -0.145. The van der Waals surface area contributed by atoms with Crippen LogP contribution in [0.15, 0.2) is 5.11 Å². The third-order valence-corrected chi connectivity index (χ3v) is 1.65. The maximum absolute atomic E-state index is 11.1. The van der Waals surface area contributed by atoms with Gasteiger partial charge in [0.25, 0.3) is 0 Å². The summed E-state index contributed by atoms with van der Waals surface area (Å²) < 4.78 is 9.89. The molecule has 0 aromatic carbocycles. The molecule has 0 saturated heterocycles. The predicted molar refractivity (Wildman–Crippen MR) is 55.3 cm³/mol. The second-order valence-corrected chi connectivity index (χ2v) is 2.83. The van der Waals surface area contributed by atoms with Gasteiger partial charge in [-0.25, -0.2) is 0 Å². The smallest absolute Gasteiger partial charge is 0.305 e. The molecule has 0 fully saturated rings. The van der Waals surface area contributed by atoms with Crippen molar-refractivity contribution in [1.29, 1.82) is 0 Å². The molecule has 0 rings (SSSR count). The summed E-state index contributed by atoms with van der Waals surface area (Å²) in [6.07, 6.45) is 1.77. The number of carbonyl (C=O) groups excluding carboxylic acids is 1. The highest BCUT2D eigenvalue weighted by Gasteiger charge is 2.01. The van der Waals surface area contributed by atoms with Crippen molar-refractivity contribution >= 4 is 5.97 Å². The Labute approximate surface area is 89.2 Å².